The molecule has 7 nitrogen and oxygen atoms in total. The summed E-state index contributed by atoms with van der Waals surface area (Å²) in [5, 5.41) is 26.6. The molecular formula is C19H15N5O2. The predicted octanol–water partition coefficient (Wildman–Crippen LogP) is 3.92. The summed E-state index contributed by atoms with van der Waals surface area (Å²) in [5.41, 5.74) is 2.08. The standard InChI is InChI=1S/C19H15N5O2/c25-14-5-1-4-13(8-14)23-17-10-18(22-11-21-17)24-16-9-15(26)7-12-3-2-6-20-19(12)16/h1-11,25-26H,(H2,21,22,23,24). The summed E-state index contributed by atoms with van der Waals surface area (Å²) in [5.74, 6) is 1.41. The molecule has 0 spiro atoms. The van der Waals surface area contributed by atoms with Crippen LogP contribution in [0.4, 0.5) is 23.0 Å². The van der Waals surface area contributed by atoms with E-state index in [1.807, 2.05) is 18.2 Å². The molecule has 4 aromatic rings. The number of benzene rings is 2. The second-order valence-electron chi connectivity index (χ2n) is 5.66. The van der Waals surface area contributed by atoms with Crippen molar-refractivity contribution in [3.05, 3.63) is 67.1 Å². The van der Waals surface area contributed by atoms with E-state index in [2.05, 4.69) is 25.6 Å². The first kappa shape index (κ1) is 15.6. The van der Waals surface area contributed by atoms with Crippen LogP contribution in [0.15, 0.2) is 67.1 Å². The van der Waals surface area contributed by atoms with Crippen LogP contribution >= 0.6 is 0 Å². The maximum atomic E-state index is 9.93. The van der Waals surface area contributed by atoms with E-state index >= 15 is 0 Å². The van der Waals surface area contributed by atoms with Gasteiger partial charge in [0.2, 0.25) is 0 Å². The third-order valence-electron chi connectivity index (χ3n) is 3.74. The van der Waals surface area contributed by atoms with Gasteiger partial charge in [0.25, 0.3) is 0 Å². The van der Waals surface area contributed by atoms with Gasteiger partial charge in [-0.3, -0.25) is 4.98 Å². The molecule has 2 heterocycles. The molecule has 26 heavy (non-hydrogen) atoms. The van der Waals surface area contributed by atoms with Gasteiger partial charge in [-0.05, 0) is 24.3 Å². The number of anilines is 4. The molecule has 0 amide bonds. The Morgan fingerprint density at radius 1 is 0.731 bits per heavy atom. The Kier molecular flexibility index (Phi) is 3.95. The van der Waals surface area contributed by atoms with E-state index in [-0.39, 0.29) is 11.5 Å². The number of nitrogens with zero attached hydrogens (tertiary/aromatic N) is 3. The SMILES string of the molecule is Oc1cccc(Nc2cc(Nc3cc(O)cc4cccnc34)ncn2)c1. The second-order valence-corrected chi connectivity index (χ2v) is 5.66. The van der Waals surface area contributed by atoms with Gasteiger partial charge >= 0.3 is 0 Å². The lowest BCUT2D eigenvalue weighted by Gasteiger charge is -2.11. The van der Waals surface area contributed by atoms with E-state index in [4.69, 9.17) is 0 Å². The number of aromatic nitrogens is 3. The van der Waals surface area contributed by atoms with Crippen LogP contribution in [0, 0.1) is 0 Å². The van der Waals surface area contributed by atoms with Gasteiger partial charge in [-0.15, -0.1) is 0 Å². The third-order valence-corrected chi connectivity index (χ3v) is 3.74. The Morgan fingerprint density at radius 3 is 2.42 bits per heavy atom. The summed E-state index contributed by atoms with van der Waals surface area (Å²) in [6.45, 7) is 0. The fourth-order valence-corrected chi connectivity index (χ4v) is 2.64. The van der Waals surface area contributed by atoms with Crippen molar-refractivity contribution in [1.82, 2.24) is 15.0 Å². The van der Waals surface area contributed by atoms with E-state index < -0.39 is 0 Å². The Labute approximate surface area is 149 Å². The monoisotopic (exact) mass is 345 g/mol. The fourth-order valence-electron chi connectivity index (χ4n) is 2.64. The number of fused-ring (bicyclic) bond motifs is 1. The zero-order valence-corrected chi connectivity index (χ0v) is 13.6. The highest BCUT2D eigenvalue weighted by Crippen LogP contribution is 2.29. The Morgan fingerprint density at radius 2 is 1.58 bits per heavy atom. The van der Waals surface area contributed by atoms with Crippen molar-refractivity contribution in [3.63, 3.8) is 0 Å². The van der Waals surface area contributed by atoms with Gasteiger partial charge in [0.1, 0.15) is 29.5 Å². The minimum atomic E-state index is 0.139. The van der Waals surface area contributed by atoms with Gasteiger partial charge in [0.15, 0.2) is 0 Å². The molecule has 4 rings (SSSR count). The number of phenolic OH excluding ortho intramolecular Hbond substituents is 2. The van der Waals surface area contributed by atoms with Gasteiger partial charge in [0, 0.05) is 35.5 Å². The van der Waals surface area contributed by atoms with E-state index in [0.717, 1.165) is 10.9 Å². The van der Waals surface area contributed by atoms with Crippen LogP contribution in [0.5, 0.6) is 11.5 Å². The maximum Gasteiger partial charge on any atom is 0.135 e. The first-order valence-electron chi connectivity index (χ1n) is 7.90. The van der Waals surface area contributed by atoms with Crippen molar-refractivity contribution in [2.24, 2.45) is 0 Å². The molecule has 0 aliphatic heterocycles. The zero-order chi connectivity index (χ0) is 17.9. The number of hydrogen-bond acceptors (Lipinski definition) is 7. The van der Waals surface area contributed by atoms with Gasteiger partial charge in [0.05, 0.1) is 11.2 Å². The summed E-state index contributed by atoms with van der Waals surface area (Å²) in [4.78, 5) is 12.7. The minimum absolute atomic E-state index is 0.139. The molecule has 0 aliphatic rings. The number of rotatable bonds is 4. The van der Waals surface area contributed by atoms with Crippen LogP contribution in [0.1, 0.15) is 0 Å². The summed E-state index contributed by atoms with van der Waals surface area (Å²) < 4.78 is 0. The maximum absolute atomic E-state index is 9.93. The van der Waals surface area contributed by atoms with Crippen LogP contribution in [0.2, 0.25) is 0 Å². The molecule has 7 heteroatoms. The first-order valence-corrected chi connectivity index (χ1v) is 7.90. The average molecular weight is 345 g/mol. The lowest BCUT2D eigenvalue weighted by molar-refractivity contribution is 0.475. The molecule has 0 saturated heterocycles. The third kappa shape index (κ3) is 3.32. The smallest absolute Gasteiger partial charge is 0.135 e. The van der Waals surface area contributed by atoms with Crippen molar-refractivity contribution < 1.29 is 10.2 Å². The molecule has 0 unspecified atom stereocenters. The van der Waals surface area contributed by atoms with Gasteiger partial charge in [-0.1, -0.05) is 12.1 Å². The van der Waals surface area contributed by atoms with Crippen molar-refractivity contribution in [3.8, 4) is 11.5 Å². The lowest BCUT2D eigenvalue weighted by Crippen LogP contribution is -1.99. The van der Waals surface area contributed by atoms with Crippen LogP contribution in [0.25, 0.3) is 10.9 Å². The minimum Gasteiger partial charge on any atom is -0.508 e. The molecule has 0 radical (unpaired) electrons. The number of nitrogens with one attached hydrogen (secondary N) is 2. The van der Waals surface area contributed by atoms with Gasteiger partial charge < -0.3 is 20.8 Å². The normalized spacial score (nSPS) is 10.6. The van der Waals surface area contributed by atoms with Crippen LogP contribution < -0.4 is 10.6 Å². The summed E-state index contributed by atoms with van der Waals surface area (Å²) in [6, 6.07) is 15.4. The number of aromatic hydroxyl groups is 2. The largest absolute Gasteiger partial charge is 0.508 e. The lowest BCUT2D eigenvalue weighted by atomic mass is 10.2. The molecule has 128 valence electrons. The predicted molar refractivity (Wildman–Crippen MR) is 100 cm³/mol. The van der Waals surface area contributed by atoms with Crippen molar-refractivity contribution in [1.29, 1.82) is 0 Å². The Hall–Kier alpha value is -3.87. The Bertz CT molecular complexity index is 1080. The van der Waals surface area contributed by atoms with Crippen LogP contribution in [-0.2, 0) is 0 Å². The highest BCUT2D eigenvalue weighted by Gasteiger charge is 2.07. The summed E-state index contributed by atoms with van der Waals surface area (Å²) >= 11 is 0. The molecule has 0 bridgehead atoms. The molecule has 0 atom stereocenters. The fraction of sp³-hybridized carbons (Fsp3) is 0. The van der Waals surface area contributed by atoms with Crippen molar-refractivity contribution >= 4 is 33.9 Å². The summed E-state index contributed by atoms with van der Waals surface area (Å²) in [7, 11) is 0. The number of pyridine rings is 1. The number of phenols is 2. The first-order chi connectivity index (χ1) is 12.7. The van der Waals surface area contributed by atoms with E-state index in [9.17, 15) is 10.2 Å². The second kappa shape index (κ2) is 6.56. The molecule has 0 fully saturated rings. The highest BCUT2D eigenvalue weighted by molar-refractivity contribution is 5.93. The topological polar surface area (TPSA) is 103 Å². The van der Waals surface area contributed by atoms with Crippen LogP contribution in [-0.4, -0.2) is 25.2 Å². The van der Waals surface area contributed by atoms with Gasteiger partial charge in [-0.25, -0.2) is 9.97 Å². The van der Waals surface area contributed by atoms with Crippen molar-refractivity contribution in [2.45, 2.75) is 0 Å². The molecule has 0 aliphatic carbocycles. The van der Waals surface area contributed by atoms with E-state index in [0.29, 0.717) is 23.0 Å². The van der Waals surface area contributed by atoms with Gasteiger partial charge in [-0.2, -0.15) is 0 Å². The van der Waals surface area contributed by atoms with E-state index in [1.54, 1.807) is 42.6 Å². The Balaban J connectivity index is 1.64. The quantitative estimate of drug-likeness (QED) is 0.444. The molecule has 0 saturated carbocycles. The number of hydrogen-bond donors (Lipinski definition) is 4. The average Bonchev–Trinajstić information content (AvgIpc) is 2.62. The van der Waals surface area contributed by atoms with Crippen LogP contribution in [0.3, 0.4) is 0 Å². The highest BCUT2D eigenvalue weighted by atomic mass is 16.3. The summed E-state index contributed by atoms with van der Waals surface area (Å²) in [6.07, 6.45) is 3.12. The molecular weight excluding hydrogens is 330 g/mol. The zero-order valence-electron chi connectivity index (χ0n) is 13.6. The van der Waals surface area contributed by atoms with E-state index in [1.165, 1.54) is 6.33 Å². The molecule has 2 aromatic heterocycles. The molecule has 2 aromatic carbocycles. The molecule has 4 N–H and O–H groups in total. The van der Waals surface area contributed by atoms with Crippen molar-refractivity contribution in [2.75, 3.05) is 10.6 Å².